The third kappa shape index (κ3) is 3.97. The van der Waals surface area contributed by atoms with E-state index in [1.807, 2.05) is 6.92 Å². The Hall–Kier alpha value is -0.940. The van der Waals surface area contributed by atoms with Crippen LogP contribution in [-0.4, -0.2) is 39.8 Å². The first-order valence-electron chi connectivity index (χ1n) is 5.44. The van der Waals surface area contributed by atoms with Crippen LogP contribution in [0.25, 0.3) is 0 Å². The molecule has 0 amide bonds. The molecule has 0 aromatic carbocycles. The van der Waals surface area contributed by atoms with Crippen LogP contribution in [0.15, 0.2) is 4.52 Å². The van der Waals surface area contributed by atoms with Crippen LogP contribution in [0, 0.1) is 0 Å². The average molecular weight is 213 g/mol. The zero-order valence-corrected chi connectivity index (χ0v) is 9.44. The highest BCUT2D eigenvalue weighted by Gasteiger charge is 2.09. The van der Waals surface area contributed by atoms with Crippen LogP contribution in [-0.2, 0) is 13.0 Å². The van der Waals surface area contributed by atoms with Gasteiger partial charge in [-0.3, -0.25) is 4.90 Å². The van der Waals surface area contributed by atoms with Gasteiger partial charge < -0.3 is 9.63 Å². The molecule has 1 aromatic rings. The highest BCUT2D eigenvalue weighted by Crippen LogP contribution is 2.03. The summed E-state index contributed by atoms with van der Waals surface area (Å²) < 4.78 is 5.08. The lowest BCUT2D eigenvalue weighted by Gasteiger charge is -2.16. The minimum absolute atomic E-state index is 0.160. The van der Waals surface area contributed by atoms with E-state index in [-0.39, 0.29) is 6.61 Å². The Labute approximate surface area is 90.1 Å². The fourth-order valence-electron chi connectivity index (χ4n) is 1.36. The predicted octanol–water partition coefficient (Wildman–Crippen LogP) is 0.836. The Balaban J connectivity index is 2.47. The monoisotopic (exact) mass is 213 g/mol. The molecule has 15 heavy (non-hydrogen) atoms. The number of aryl methyl sites for hydroxylation is 1. The highest BCUT2D eigenvalue weighted by atomic mass is 16.5. The average Bonchev–Trinajstić information content (AvgIpc) is 2.66. The Kier molecular flexibility index (Phi) is 5.28. The molecule has 0 unspecified atom stereocenters. The second kappa shape index (κ2) is 6.53. The highest BCUT2D eigenvalue weighted by molar-refractivity contribution is 4.86. The normalized spacial score (nSPS) is 11.2. The third-order valence-corrected chi connectivity index (χ3v) is 2.20. The Morgan fingerprint density at radius 2 is 2.20 bits per heavy atom. The topological polar surface area (TPSA) is 62.4 Å². The summed E-state index contributed by atoms with van der Waals surface area (Å²) in [5.41, 5.74) is 0. The lowest BCUT2D eigenvalue weighted by molar-refractivity contribution is 0.192. The van der Waals surface area contributed by atoms with Gasteiger partial charge in [-0.05, 0) is 13.0 Å². The fourth-order valence-corrected chi connectivity index (χ4v) is 1.36. The van der Waals surface area contributed by atoms with Gasteiger partial charge in [0.25, 0.3) is 0 Å². The van der Waals surface area contributed by atoms with E-state index in [0.717, 1.165) is 19.4 Å². The van der Waals surface area contributed by atoms with E-state index in [1.165, 1.54) is 0 Å². The Morgan fingerprint density at radius 1 is 1.40 bits per heavy atom. The van der Waals surface area contributed by atoms with E-state index >= 15 is 0 Å². The van der Waals surface area contributed by atoms with Crippen LogP contribution < -0.4 is 0 Å². The second-order valence-corrected chi connectivity index (χ2v) is 3.45. The quantitative estimate of drug-likeness (QED) is 0.727. The number of hydrogen-bond donors (Lipinski definition) is 1. The molecule has 0 saturated heterocycles. The molecular weight excluding hydrogens is 194 g/mol. The molecule has 0 fully saturated rings. The largest absolute Gasteiger partial charge is 0.395 e. The van der Waals surface area contributed by atoms with Gasteiger partial charge in [0.1, 0.15) is 0 Å². The van der Waals surface area contributed by atoms with Crippen LogP contribution in [0.2, 0.25) is 0 Å². The first kappa shape index (κ1) is 12.1. The molecule has 5 nitrogen and oxygen atoms in total. The number of likely N-dealkylation sites (N-methyl/N-ethyl adjacent to an activating group) is 1. The van der Waals surface area contributed by atoms with Gasteiger partial charge in [0.15, 0.2) is 5.82 Å². The van der Waals surface area contributed by atoms with Crippen LogP contribution in [0.3, 0.4) is 0 Å². The molecule has 0 saturated carbocycles. The molecule has 0 radical (unpaired) electrons. The van der Waals surface area contributed by atoms with Gasteiger partial charge in [0, 0.05) is 13.0 Å². The summed E-state index contributed by atoms with van der Waals surface area (Å²) in [6, 6.07) is 0. The summed E-state index contributed by atoms with van der Waals surface area (Å²) in [5, 5.41) is 12.7. The summed E-state index contributed by atoms with van der Waals surface area (Å²) in [6.45, 7) is 6.45. The molecule has 5 heteroatoms. The van der Waals surface area contributed by atoms with Gasteiger partial charge in [0.2, 0.25) is 5.89 Å². The van der Waals surface area contributed by atoms with Crippen molar-refractivity contribution in [3.8, 4) is 0 Å². The molecule has 0 spiro atoms. The summed E-state index contributed by atoms with van der Waals surface area (Å²) >= 11 is 0. The van der Waals surface area contributed by atoms with E-state index in [0.29, 0.717) is 24.8 Å². The van der Waals surface area contributed by atoms with Crippen molar-refractivity contribution in [2.45, 2.75) is 33.2 Å². The Bertz CT molecular complexity index is 275. The second-order valence-electron chi connectivity index (χ2n) is 3.45. The first-order chi connectivity index (χ1) is 7.30. The van der Waals surface area contributed by atoms with Crippen molar-refractivity contribution >= 4 is 0 Å². The van der Waals surface area contributed by atoms with E-state index in [2.05, 4.69) is 22.0 Å². The molecule has 0 bridgehead atoms. The van der Waals surface area contributed by atoms with Gasteiger partial charge in [-0.25, -0.2) is 0 Å². The summed E-state index contributed by atoms with van der Waals surface area (Å²) in [5.74, 6) is 1.40. The fraction of sp³-hybridized carbons (Fsp3) is 0.800. The number of aromatic nitrogens is 2. The Morgan fingerprint density at radius 3 is 2.80 bits per heavy atom. The van der Waals surface area contributed by atoms with E-state index in [9.17, 15) is 0 Å². The van der Waals surface area contributed by atoms with Crippen LogP contribution in [0.1, 0.15) is 32.0 Å². The third-order valence-electron chi connectivity index (χ3n) is 2.20. The lowest BCUT2D eigenvalue weighted by atomic mass is 10.3. The van der Waals surface area contributed by atoms with E-state index in [1.54, 1.807) is 0 Å². The predicted molar refractivity (Wildman–Crippen MR) is 56.3 cm³/mol. The summed E-state index contributed by atoms with van der Waals surface area (Å²) in [6.07, 6.45) is 1.84. The standard InChI is InChI=1S/C10H19N3O2/c1-3-5-10-11-9(12-15-10)8-13(4-2)6-7-14/h14H,3-8H2,1-2H3. The smallest absolute Gasteiger partial charge is 0.226 e. The summed E-state index contributed by atoms with van der Waals surface area (Å²) in [4.78, 5) is 6.34. The summed E-state index contributed by atoms with van der Waals surface area (Å²) in [7, 11) is 0. The van der Waals surface area contributed by atoms with Crippen molar-refractivity contribution in [2.75, 3.05) is 19.7 Å². The van der Waals surface area contributed by atoms with Crippen molar-refractivity contribution in [3.05, 3.63) is 11.7 Å². The molecule has 0 aliphatic heterocycles. The van der Waals surface area contributed by atoms with Crippen LogP contribution >= 0.6 is 0 Å². The number of hydrogen-bond acceptors (Lipinski definition) is 5. The van der Waals surface area contributed by atoms with E-state index in [4.69, 9.17) is 9.63 Å². The molecule has 1 N–H and O–H groups in total. The lowest BCUT2D eigenvalue weighted by Crippen LogP contribution is -2.26. The van der Waals surface area contributed by atoms with Gasteiger partial charge in [-0.1, -0.05) is 19.0 Å². The van der Waals surface area contributed by atoms with Crippen molar-refractivity contribution in [3.63, 3.8) is 0 Å². The molecule has 1 rings (SSSR count). The zero-order chi connectivity index (χ0) is 11.1. The molecule has 1 aromatic heterocycles. The SMILES string of the molecule is CCCc1nc(CN(CC)CCO)no1. The minimum Gasteiger partial charge on any atom is -0.395 e. The number of aliphatic hydroxyl groups is 1. The van der Waals surface area contributed by atoms with Crippen molar-refractivity contribution < 1.29 is 9.63 Å². The van der Waals surface area contributed by atoms with Crippen molar-refractivity contribution in [2.24, 2.45) is 0 Å². The zero-order valence-electron chi connectivity index (χ0n) is 9.44. The maximum Gasteiger partial charge on any atom is 0.226 e. The number of rotatable bonds is 7. The molecule has 1 heterocycles. The van der Waals surface area contributed by atoms with E-state index < -0.39 is 0 Å². The van der Waals surface area contributed by atoms with Gasteiger partial charge in [-0.15, -0.1) is 0 Å². The maximum atomic E-state index is 8.83. The van der Waals surface area contributed by atoms with Gasteiger partial charge in [-0.2, -0.15) is 4.98 Å². The maximum absolute atomic E-state index is 8.83. The van der Waals surface area contributed by atoms with Gasteiger partial charge in [0.05, 0.1) is 13.2 Å². The molecule has 0 aliphatic rings. The van der Waals surface area contributed by atoms with Crippen molar-refractivity contribution in [1.29, 1.82) is 0 Å². The van der Waals surface area contributed by atoms with Crippen LogP contribution in [0.5, 0.6) is 0 Å². The first-order valence-corrected chi connectivity index (χ1v) is 5.44. The minimum atomic E-state index is 0.160. The molecule has 86 valence electrons. The molecule has 0 aliphatic carbocycles. The van der Waals surface area contributed by atoms with Crippen LogP contribution in [0.4, 0.5) is 0 Å². The number of nitrogens with zero attached hydrogens (tertiary/aromatic N) is 3. The molecule has 0 atom stereocenters. The van der Waals surface area contributed by atoms with Gasteiger partial charge >= 0.3 is 0 Å². The van der Waals surface area contributed by atoms with Crippen molar-refractivity contribution in [1.82, 2.24) is 15.0 Å². The number of aliphatic hydroxyl groups excluding tert-OH is 1. The molecular formula is C10H19N3O2.